The molecule has 1 atom stereocenters. The molecular formula is C25H28N4OS. The average molecular weight is 433 g/mol. The van der Waals surface area contributed by atoms with Crippen LogP contribution < -0.4 is 10.2 Å². The van der Waals surface area contributed by atoms with E-state index in [1.807, 2.05) is 26.0 Å². The molecule has 1 saturated heterocycles. The number of piperidine rings is 1. The Morgan fingerprint density at radius 1 is 1.00 bits per heavy atom. The maximum absolute atomic E-state index is 13.0. The average Bonchev–Trinajstić information content (AvgIpc) is 2.75. The van der Waals surface area contributed by atoms with Gasteiger partial charge in [-0.15, -0.1) is 0 Å². The number of anilines is 2. The lowest BCUT2D eigenvalue weighted by molar-refractivity contribution is -0.120. The molecule has 1 amide bonds. The van der Waals surface area contributed by atoms with Crippen LogP contribution in [0.2, 0.25) is 0 Å². The van der Waals surface area contributed by atoms with E-state index in [1.54, 1.807) is 24.2 Å². The second-order valence-electron chi connectivity index (χ2n) is 8.25. The summed E-state index contributed by atoms with van der Waals surface area (Å²) < 4.78 is 0. The fourth-order valence-corrected chi connectivity index (χ4v) is 4.88. The van der Waals surface area contributed by atoms with Crippen LogP contribution >= 0.6 is 11.8 Å². The van der Waals surface area contributed by atoms with Crippen molar-refractivity contribution in [3.63, 3.8) is 0 Å². The number of benzene rings is 2. The molecule has 0 saturated carbocycles. The quantitative estimate of drug-likeness (QED) is 0.584. The summed E-state index contributed by atoms with van der Waals surface area (Å²) in [5.41, 5.74) is 4.41. The Morgan fingerprint density at radius 2 is 1.71 bits per heavy atom. The molecule has 1 aliphatic rings. The smallest absolute Gasteiger partial charge is 0.229 e. The Balaban J connectivity index is 1.48. The number of amides is 1. The molecule has 6 heteroatoms. The molecule has 0 unspecified atom stereocenters. The summed E-state index contributed by atoms with van der Waals surface area (Å²) in [6, 6.07) is 14.6. The third-order valence-electron chi connectivity index (χ3n) is 5.46. The lowest BCUT2D eigenvalue weighted by atomic mass is 9.97. The molecule has 0 spiro atoms. The van der Waals surface area contributed by atoms with Crippen LogP contribution in [-0.2, 0) is 4.79 Å². The van der Waals surface area contributed by atoms with Gasteiger partial charge in [-0.3, -0.25) is 4.79 Å². The van der Waals surface area contributed by atoms with Gasteiger partial charge in [0.25, 0.3) is 0 Å². The topological polar surface area (TPSA) is 58.1 Å². The molecule has 2 heterocycles. The van der Waals surface area contributed by atoms with Crippen LogP contribution in [0.5, 0.6) is 0 Å². The van der Waals surface area contributed by atoms with Crippen molar-refractivity contribution >= 4 is 29.2 Å². The SMILES string of the molecule is Cc1ccc(Sc2nccnc2N2CCC[C@@H](C(=O)Nc3cc(C)cc(C)c3)C2)cc1. The molecule has 0 aliphatic carbocycles. The molecule has 0 radical (unpaired) electrons. The normalized spacial score (nSPS) is 16.2. The van der Waals surface area contributed by atoms with Crippen molar-refractivity contribution in [3.05, 3.63) is 71.5 Å². The van der Waals surface area contributed by atoms with E-state index in [0.29, 0.717) is 6.54 Å². The highest BCUT2D eigenvalue weighted by molar-refractivity contribution is 7.99. The fourth-order valence-electron chi connectivity index (χ4n) is 4.00. The second kappa shape index (κ2) is 9.52. The third kappa shape index (κ3) is 5.44. The molecule has 1 aliphatic heterocycles. The van der Waals surface area contributed by atoms with E-state index >= 15 is 0 Å². The van der Waals surface area contributed by atoms with E-state index in [0.717, 1.165) is 51.9 Å². The first-order valence-corrected chi connectivity index (χ1v) is 11.5. The number of nitrogens with one attached hydrogen (secondary N) is 1. The van der Waals surface area contributed by atoms with Crippen LogP contribution in [0, 0.1) is 26.7 Å². The first-order valence-electron chi connectivity index (χ1n) is 10.7. The Hall–Kier alpha value is -2.86. The van der Waals surface area contributed by atoms with Gasteiger partial charge in [-0.25, -0.2) is 9.97 Å². The number of aryl methyl sites for hydroxylation is 3. The molecule has 2 aromatic carbocycles. The zero-order valence-electron chi connectivity index (χ0n) is 18.3. The van der Waals surface area contributed by atoms with E-state index < -0.39 is 0 Å². The number of carbonyl (C=O) groups is 1. The predicted molar refractivity (Wildman–Crippen MR) is 127 cm³/mol. The van der Waals surface area contributed by atoms with Crippen molar-refractivity contribution in [2.75, 3.05) is 23.3 Å². The number of nitrogens with zero attached hydrogens (tertiary/aromatic N) is 3. The monoisotopic (exact) mass is 432 g/mol. The Morgan fingerprint density at radius 3 is 2.45 bits per heavy atom. The van der Waals surface area contributed by atoms with Crippen molar-refractivity contribution in [3.8, 4) is 0 Å². The van der Waals surface area contributed by atoms with Gasteiger partial charge in [0.05, 0.1) is 5.92 Å². The molecule has 3 aromatic rings. The zero-order chi connectivity index (χ0) is 21.8. The Bertz CT molecular complexity index is 1050. The summed E-state index contributed by atoms with van der Waals surface area (Å²) in [7, 11) is 0. The Labute approximate surface area is 188 Å². The van der Waals surface area contributed by atoms with Crippen molar-refractivity contribution in [1.29, 1.82) is 0 Å². The van der Waals surface area contributed by atoms with Gasteiger partial charge in [0.1, 0.15) is 5.03 Å². The van der Waals surface area contributed by atoms with Crippen LogP contribution in [0.1, 0.15) is 29.5 Å². The predicted octanol–water partition coefficient (Wildman–Crippen LogP) is 5.41. The maximum atomic E-state index is 13.0. The van der Waals surface area contributed by atoms with Gasteiger partial charge in [-0.05, 0) is 69.0 Å². The summed E-state index contributed by atoms with van der Waals surface area (Å²) in [6.07, 6.45) is 5.30. The molecule has 160 valence electrons. The van der Waals surface area contributed by atoms with Crippen LogP contribution in [0.3, 0.4) is 0 Å². The minimum Gasteiger partial charge on any atom is -0.354 e. The van der Waals surface area contributed by atoms with Gasteiger partial charge in [-0.1, -0.05) is 35.5 Å². The van der Waals surface area contributed by atoms with Crippen molar-refractivity contribution in [2.45, 2.75) is 43.5 Å². The highest BCUT2D eigenvalue weighted by atomic mass is 32.2. The first-order chi connectivity index (χ1) is 15.0. The standard InChI is InChI=1S/C25H28N4OS/c1-17-6-8-22(9-7-17)31-25-23(26-10-11-27-25)29-12-4-5-20(16-29)24(30)28-21-14-18(2)13-19(3)15-21/h6-11,13-15,20H,4-5,12,16H2,1-3H3,(H,28,30)/t20-/m1/s1. The molecule has 1 fully saturated rings. The number of rotatable bonds is 5. The minimum atomic E-state index is -0.0752. The summed E-state index contributed by atoms with van der Waals surface area (Å²) >= 11 is 1.62. The van der Waals surface area contributed by atoms with Gasteiger partial charge in [0.15, 0.2) is 5.82 Å². The van der Waals surface area contributed by atoms with Crippen LogP contribution in [0.4, 0.5) is 11.5 Å². The van der Waals surface area contributed by atoms with Gasteiger partial charge in [-0.2, -0.15) is 0 Å². The van der Waals surface area contributed by atoms with E-state index in [2.05, 4.69) is 57.4 Å². The van der Waals surface area contributed by atoms with E-state index in [9.17, 15) is 4.79 Å². The zero-order valence-corrected chi connectivity index (χ0v) is 19.1. The maximum Gasteiger partial charge on any atom is 0.229 e. The molecule has 31 heavy (non-hydrogen) atoms. The molecular weight excluding hydrogens is 404 g/mol. The molecule has 0 bridgehead atoms. The van der Waals surface area contributed by atoms with Crippen molar-refractivity contribution in [2.24, 2.45) is 5.92 Å². The minimum absolute atomic E-state index is 0.0752. The number of hydrogen-bond acceptors (Lipinski definition) is 5. The lowest BCUT2D eigenvalue weighted by Crippen LogP contribution is -2.41. The van der Waals surface area contributed by atoms with Crippen LogP contribution in [-0.4, -0.2) is 29.0 Å². The first kappa shape index (κ1) is 21.4. The lowest BCUT2D eigenvalue weighted by Gasteiger charge is -2.33. The Kier molecular flexibility index (Phi) is 6.56. The van der Waals surface area contributed by atoms with Gasteiger partial charge in [0, 0.05) is 36.1 Å². The van der Waals surface area contributed by atoms with Gasteiger partial charge in [0.2, 0.25) is 5.91 Å². The summed E-state index contributed by atoms with van der Waals surface area (Å²) in [4.78, 5) is 25.6. The molecule has 1 N–H and O–H groups in total. The molecule has 5 nitrogen and oxygen atoms in total. The number of carbonyl (C=O) groups excluding carboxylic acids is 1. The molecule has 4 rings (SSSR count). The highest BCUT2D eigenvalue weighted by Gasteiger charge is 2.28. The van der Waals surface area contributed by atoms with Crippen LogP contribution in [0.15, 0.2) is 64.8 Å². The van der Waals surface area contributed by atoms with Crippen molar-refractivity contribution in [1.82, 2.24) is 9.97 Å². The van der Waals surface area contributed by atoms with E-state index in [-0.39, 0.29) is 11.8 Å². The number of hydrogen-bond donors (Lipinski definition) is 1. The largest absolute Gasteiger partial charge is 0.354 e. The summed E-state index contributed by atoms with van der Waals surface area (Å²) in [6.45, 7) is 7.71. The molecule has 1 aromatic heterocycles. The van der Waals surface area contributed by atoms with Crippen molar-refractivity contribution < 1.29 is 4.79 Å². The highest BCUT2D eigenvalue weighted by Crippen LogP contribution is 2.34. The van der Waals surface area contributed by atoms with Crippen LogP contribution in [0.25, 0.3) is 0 Å². The third-order valence-corrected chi connectivity index (χ3v) is 6.45. The van der Waals surface area contributed by atoms with E-state index in [1.165, 1.54) is 5.56 Å². The summed E-state index contributed by atoms with van der Waals surface area (Å²) in [5, 5.41) is 3.99. The van der Waals surface area contributed by atoms with Gasteiger partial charge < -0.3 is 10.2 Å². The fraction of sp³-hybridized carbons (Fsp3) is 0.320. The second-order valence-corrected chi connectivity index (χ2v) is 9.31. The van der Waals surface area contributed by atoms with Gasteiger partial charge >= 0.3 is 0 Å². The summed E-state index contributed by atoms with van der Waals surface area (Å²) in [5.74, 6) is 0.858. The van der Waals surface area contributed by atoms with E-state index in [4.69, 9.17) is 0 Å². The number of aromatic nitrogens is 2.